The predicted octanol–water partition coefficient (Wildman–Crippen LogP) is 3.13. The van der Waals surface area contributed by atoms with Gasteiger partial charge in [-0.3, -0.25) is 4.79 Å². The van der Waals surface area contributed by atoms with Gasteiger partial charge in [0.25, 0.3) is 5.91 Å². The van der Waals surface area contributed by atoms with Crippen LogP contribution in [0.3, 0.4) is 0 Å². The maximum Gasteiger partial charge on any atom is 0.254 e. The molecule has 0 unspecified atom stereocenters. The number of amides is 1. The van der Waals surface area contributed by atoms with Crippen LogP contribution in [0.25, 0.3) is 5.65 Å². The van der Waals surface area contributed by atoms with E-state index < -0.39 is 0 Å². The number of aromatic nitrogens is 4. The molecule has 7 heteroatoms. The van der Waals surface area contributed by atoms with E-state index in [2.05, 4.69) is 15.1 Å². The van der Waals surface area contributed by atoms with Crippen LogP contribution in [0.4, 0.5) is 0 Å². The number of pyridine rings is 1. The van der Waals surface area contributed by atoms with Gasteiger partial charge in [-0.2, -0.15) is 4.98 Å². The summed E-state index contributed by atoms with van der Waals surface area (Å²) in [4.78, 5) is 23.7. The third kappa shape index (κ3) is 2.69. The number of carbonyl (C=O) groups is 1. The maximum absolute atomic E-state index is 13.0. The molecule has 0 bridgehead atoms. The highest BCUT2D eigenvalue weighted by Crippen LogP contribution is 2.32. The van der Waals surface area contributed by atoms with Crippen molar-refractivity contribution in [3.63, 3.8) is 0 Å². The SMILES string of the molecule is Cc1cnc2cc(C(=O)N3CCC[C@@H]3c3noc(C(C)C)n3)ccn12. The Morgan fingerprint density at radius 2 is 2.24 bits per heavy atom. The minimum atomic E-state index is -0.124. The van der Waals surface area contributed by atoms with E-state index in [1.807, 2.05) is 48.4 Å². The molecule has 3 aromatic rings. The number of hydrogen-bond donors (Lipinski definition) is 0. The Bertz CT molecular complexity index is 927. The molecule has 4 heterocycles. The van der Waals surface area contributed by atoms with Crippen molar-refractivity contribution in [1.29, 1.82) is 0 Å². The van der Waals surface area contributed by atoms with E-state index in [1.54, 1.807) is 6.20 Å². The molecule has 1 aliphatic heterocycles. The molecular formula is C18H21N5O2. The summed E-state index contributed by atoms with van der Waals surface area (Å²) >= 11 is 0. The van der Waals surface area contributed by atoms with Gasteiger partial charge in [-0.15, -0.1) is 0 Å². The zero-order chi connectivity index (χ0) is 17.6. The van der Waals surface area contributed by atoms with Gasteiger partial charge in [0.2, 0.25) is 5.89 Å². The number of aryl methyl sites for hydroxylation is 1. The van der Waals surface area contributed by atoms with E-state index in [1.165, 1.54) is 0 Å². The van der Waals surface area contributed by atoms with Gasteiger partial charge >= 0.3 is 0 Å². The number of nitrogens with zero attached hydrogens (tertiary/aromatic N) is 5. The average Bonchev–Trinajstić information content (AvgIpc) is 3.33. The van der Waals surface area contributed by atoms with Gasteiger partial charge in [-0.05, 0) is 31.9 Å². The van der Waals surface area contributed by atoms with Gasteiger partial charge in [0.15, 0.2) is 5.82 Å². The Balaban J connectivity index is 1.62. The molecule has 3 aromatic heterocycles. The average molecular weight is 339 g/mol. The molecule has 25 heavy (non-hydrogen) atoms. The second-order valence-corrected chi connectivity index (χ2v) is 6.85. The van der Waals surface area contributed by atoms with E-state index in [4.69, 9.17) is 4.52 Å². The molecule has 1 amide bonds. The first-order chi connectivity index (χ1) is 12.0. The van der Waals surface area contributed by atoms with Crippen LogP contribution in [0, 0.1) is 6.92 Å². The first kappa shape index (κ1) is 15.8. The molecule has 0 saturated carbocycles. The summed E-state index contributed by atoms with van der Waals surface area (Å²) in [6.45, 7) is 6.71. The highest BCUT2D eigenvalue weighted by Gasteiger charge is 2.34. The summed E-state index contributed by atoms with van der Waals surface area (Å²) in [5, 5.41) is 4.10. The summed E-state index contributed by atoms with van der Waals surface area (Å²) in [7, 11) is 0. The minimum Gasteiger partial charge on any atom is -0.339 e. The topological polar surface area (TPSA) is 76.5 Å². The van der Waals surface area contributed by atoms with Crippen LogP contribution in [0.2, 0.25) is 0 Å². The lowest BCUT2D eigenvalue weighted by Crippen LogP contribution is -2.31. The van der Waals surface area contributed by atoms with Crippen molar-refractivity contribution in [2.45, 2.75) is 45.6 Å². The van der Waals surface area contributed by atoms with Gasteiger partial charge in [-0.1, -0.05) is 19.0 Å². The van der Waals surface area contributed by atoms with Crippen molar-refractivity contribution in [1.82, 2.24) is 24.4 Å². The van der Waals surface area contributed by atoms with E-state index in [0.717, 1.165) is 24.2 Å². The van der Waals surface area contributed by atoms with Crippen molar-refractivity contribution in [2.75, 3.05) is 6.54 Å². The molecule has 130 valence electrons. The molecule has 0 aromatic carbocycles. The maximum atomic E-state index is 13.0. The Hall–Kier alpha value is -2.70. The Labute approximate surface area is 145 Å². The quantitative estimate of drug-likeness (QED) is 0.733. The van der Waals surface area contributed by atoms with Gasteiger partial charge in [0, 0.05) is 36.1 Å². The van der Waals surface area contributed by atoms with E-state index in [-0.39, 0.29) is 17.9 Å². The monoisotopic (exact) mass is 339 g/mol. The zero-order valence-electron chi connectivity index (χ0n) is 14.6. The van der Waals surface area contributed by atoms with Crippen molar-refractivity contribution < 1.29 is 9.32 Å². The van der Waals surface area contributed by atoms with E-state index in [0.29, 0.717) is 23.8 Å². The first-order valence-corrected chi connectivity index (χ1v) is 8.63. The molecule has 7 nitrogen and oxygen atoms in total. The predicted molar refractivity (Wildman–Crippen MR) is 91.3 cm³/mol. The van der Waals surface area contributed by atoms with Crippen LogP contribution in [-0.4, -0.2) is 36.9 Å². The number of hydrogen-bond acceptors (Lipinski definition) is 5. The van der Waals surface area contributed by atoms with Crippen molar-refractivity contribution in [3.8, 4) is 0 Å². The van der Waals surface area contributed by atoms with Crippen LogP contribution in [0.5, 0.6) is 0 Å². The van der Waals surface area contributed by atoms with Crippen LogP contribution >= 0.6 is 0 Å². The summed E-state index contributed by atoms with van der Waals surface area (Å²) in [5.74, 6) is 1.38. The van der Waals surface area contributed by atoms with Crippen molar-refractivity contribution >= 4 is 11.6 Å². The fraction of sp³-hybridized carbons (Fsp3) is 0.444. The lowest BCUT2D eigenvalue weighted by atomic mass is 10.1. The second kappa shape index (κ2) is 5.98. The number of rotatable bonds is 3. The molecule has 1 saturated heterocycles. The summed E-state index contributed by atoms with van der Waals surface area (Å²) in [6.07, 6.45) is 5.48. The largest absolute Gasteiger partial charge is 0.339 e. The van der Waals surface area contributed by atoms with Crippen LogP contribution < -0.4 is 0 Å². The second-order valence-electron chi connectivity index (χ2n) is 6.85. The molecule has 4 rings (SSSR count). The molecule has 0 aliphatic carbocycles. The molecule has 0 spiro atoms. The molecular weight excluding hydrogens is 318 g/mol. The number of likely N-dealkylation sites (tertiary alicyclic amines) is 1. The Kier molecular flexibility index (Phi) is 3.78. The lowest BCUT2D eigenvalue weighted by Gasteiger charge is -2.22. The fourth-order valence-electron chi connectivity index (χ4n) is 3.30. The molecule has 0 radical (unpaired) electrons. The van der Waals surface area contributed by atoms with Gasteiger partial charge in [0.05, 0.1) is 6.04 Å². The standard InChI is InChI=1S/C18H21N5O2/c1-11(2)17-20-16(21-25-17)14-5-4-7-23(14)18(24)13-6-8-22-12(3)10-19-15(22)9-13/h6,8-11,14H,4-5,7H2,1-3H3/t14-/m1/s1. The molecule has 0 N–H and O–H groups in total. The first-order valence-electron chi connectivity index (χ1n) is 8.63. The number of imidazole rings is 1. The highest BCUT2D eigenvalue weighted by molar-refractivity contribution is 5.95. The van der Waals surface area contributed by atoms with Crippen LogP contribution in [0.1, 0.15) is 66.4 Å². The molecule has 1 fully saturated rings. The van der Waals surface area contributed by atoms with E-state index in [9.17, 15) is 4.79 Å². The highest BCUT2D eigenvalue weighted by atomic mass is 16.5. The number of carbonyl (C=O) groups excluding carboxylic acids is 1. The van der Waals surface area contributed by atoms with Gasteiger partial charge in [0.1, 0.15) is 5.65 Å². The van der Waals surface area contributed by atoms with Crippen LogP contribution in [0.15, 0.2) is 29.0 Å². The van der Waals surface area contributed by atoms with Gasteiger partial charge in [-0.25, -0.2) is 4.98 Å². The van der Waals surface area contributed by atoms with Gasteiger partial charge < -0.3 is 13.8 Å². The van der Waals surface area contributed by atoms with E-state index >= 15 is 0 Å². The Morgan fingerprint density at radius 3 is 3.00 bits per heavy atom. The summed E-state index contributed by atoms with van der Waals surface area (Å²) < 4.78 is 7.28. The van der Waals surface area contributed by atoms with Crippen molar-refractivity contribution in [2.24, 2.45) is 0 Å². The minimum absolute atomic E-state index is 0.0125. The molecule has 1 atom stereocenters. The summed E-state index contributed by atoms with van der Waals surface area (Å²) in [6, 6.07) is 3.55. The van der Waals surface area contributed by atoms with Crippen molar-refractivity contribution in [3.05, 3.63) is 47.5 Å². The molecule has 1 aliphatic rings. The normalized spacial score (nSPS) is 17.8. The fourth-order valence-corrected chi connectivity index (χ4v) is 3.30. The number of fused-ring (bicyclic) bond motifs is 1. The Morgan fingerprint density at radius 1 is 1.40 bits per heavy atom. The lowest BCUT2D eigenvalue weighted by molar-refractivity contribution is 0.0728. The third-order valence-electron chi connectivity index (χ3n) is 4.71. The summed E-state index contributed by atoms with van der Waals surface area (Å²) in [5.41, 5.74) is 2.46. The smallest absolute Gasteiger partial charge is 0.254 e. The third-order valence-corrected chi connectivity index (χ3v) is 4.71. The zero-order valence-corrected chi connectivity index (χ0v) is 14.6. The van der Waals surface area contributed by atoms with Crippen LogP contribution in [-0.2, 0) is 0 Å².